The lowest BCUT2D eigenvalue weighted by Crippen LogP contribution is -2.28. The molecule has 0 unspecified atom stereocenters. The standard InChI is InChI=1S/C13H13N5O2/c1-6-4-5-8(7(2)14-6)10-15-9-11(16-10)18(3)13(20)17-12(9)19/h4-5H,1-3H3,(H,15,16)(H,17,19,20). The minimum atomic E-state index is -0.487. The summed E-state index contributed by atoms with van der Waals surface area (Å²) in [6, 6.07) is 3.76. The Bertz CT molecular complexity index is 932. The summed E-state index contributed by atoms with van der Waals surface area (Å²) in [5, 5.41) is 0. The highest BCUT2D eigenvalue weighted by molar-refractivity contribution is 5.75. The molecule has 0 aliphatic rings. The molecule has 0 amide bonds. The van der Waals surface area contributed by atoms with Crippen LogP contribution in [0.15, 0.2) is 21.7 Å². The van der Waals surface area contributed by atoms with Crippen LogP contribution in [0.4, 0.5) is 0 Å². The molecular weight excluding hydrogens is 258 g/mol. The molecule has 7 heteroatoms. The van der Waals surface area contributed by atoms with Gasteiger partial charge in [0.05, 0.1) is 0 Å². The predicted molar refractivity (Wildman–Crippen MR) is 74.7 cm³/mol. The molecule has 3 heterocycles. The Morgan fingerprint density at radius 2 is 1.85 bits per heavy atom. The van der Waals surface area contributed by atoms with Crippen LogP contribution in [0.3, 0.4) is 0 Å². The molecule has 7 nitrogen and oxygen atoms in total. The topological polar surface area (TPSA) is 96.4 Å². The number of rotatable bonds is 1. The first-order valence-electron chi connectivity index (χ1n) is 6.11. The van der Waals surface area contributed by atoms with E-state index in [1.165, 1.54) is 4.57 Å². The molecule has 0 saturated heterocycles. The quantitative estimate of drug-likeness (QED) is 0.678. The number of aromatic nitrogens is 5. The average Bonchev–Trinajstić information content (AvgIpc) is 2.81. The second-order valence-corrected chi connectivity index (χ2v) is 4.69. The summed E-state index contributed by atoms with van der Waals surface area (Å²) in [4.78, 5) is 37.2. The number of nitrogens with zero attached hydrogens (tertiary/aromatic N) is 3. The van der Waals surface area contributed by atoms with Gasteiger partial charge >= 0.3 is 5.69 Å². The monoisotopic (exact) mass is 271 g/mol. The van der Waals surface area contributed by atoms with Crippen molar-refractivity contribution >= 4 is 11.2 Å². The van der Waals surface area contributed by atoms with Gasteiger partial charge in [-0.3, -0.25) is 19.3 Å². The highest BCUT2D eigenvalue weighted by Crippen LogP contribution is 2.20. The van der Waals surface area contributed by atoms with Gasteiger partial charge in [-0.05, 0) is 26.0 Å². The number of hydrogen-bond donors (Lipinski definition) is 2. The summed E-state index contributed by atoms with van der Waals surface area (Å²) in [6.07, 6.45) is 0. The molecule has 0 bridgehead atoms. The zero-order valence-electron chi connectivity index (χ0n) is 11.3. The summed E-state index contributed by atoms with van der Waals surface area (Å²) >= 11 is 0. The molecule has 3 aromatic rings. The van der Waals surface area contributed by atoms with Crippen molar-refractivity contribution in [1.29, 1.82) is 0 Å². The normalized spacial score (nSPS) is 11.2. The van der Waals surface area contributed by atoms with Gasteiger partial charge in [-0.1, -0.05) is 0 Å². The Kier molecular flexibility index (Phi) is 2.56. The van der Waals surface area contributed by atoms with Crippen molar-refractivity contribution in [3.63, 3.8) is 0 Å². The number of aryl methyl sites for hydroxylation is 3. The van der Waals surface area contributed by atoms with E-state index in [4.69, 9.17) is 0 Å². The van der Waals surface area contributed by atoms with Gasteiger partial charge in [0.15, 0.2) is 5.65 Å². The SMILES string of the molecule is Cc1ccc(-c2nc3c([nH]2)c(=O)[nH]c(=O)n3C)c(C)n1. The zero-order chi connectivity index (χ0) is 14.4. The molecule has 102 valence electrons. The van der Waals surface area contributed by atoms with Crippen molar-refractivity contribution < 1.29 is 0 Å². The molecule has 0 aliphatic carbocycles. The zero-order valence-corrected chi connectivity index (χ0v) is 11.3. The molecule has 0 aromatic carbocycles. The third-order valence-electron chi connectivity index (χ3n) is 3.23. The number of fused-ring (bicyclic) bond motifs is 1. The third kappa shape index (κ3) is 1.75. The van der Waals surface area contributed by atoms with Crippen molar-refractivity contribution in [2.75, 3.05) is 0 Å². The first-order valence-corrected chi connectivity index (χ1v) is 6.11. The number of H-pyrrole nitrogens is 2. The van der Waals surface area contributed by atoms with E-state index >= 15 is 0 Å². The molecule has 20 heavy (non-hydrogen) atoms. The van der Waals surface area contributed by atoms with E-state index in [9.17, 15) is 9.59 Å². The van der Waals surface area contributed by atoms with Crippen LogP contribution in [0.1, 0.15) is 11.4 Å². The molecule has 3 rings (SSSR count). The van der Waals surface area contributed by atoms with Crippen molar-refractivity contribution in [3.8, 4) is 11.4 Å². The first-order chi connectivity index (χ1) is 9.47. The van der Waals surface area contributed by atoms with Crippen LogP contribution in [-0.4, -0.2) is 24.5 Å². The molecule has 0 spiro atoms. The van der Waals surface area contributed by atoms with Gasteiger partial charge in [0.1, 0.15) is 11.3 Å². The molecule has 2 N–H and O–H groups in total. The first kappa shape index (κ1) is 12.3. The fourth-order valence-corrected chi connectivity index (χ4v) is 2.17. The van der Waals surface area contributed by atoms with E-state index in [1.807, 2.05) is 26.0 Å². The van der Waals surface area contributed by atoms with Gasteiger partial charge < -0.3 is 4.98 Å². The number of aromatic amines is 2. The maximum Gasteiger partial charge on any atom is 0.329 e. The van der Waals surface area contributed by atoms with E-state index in [2.05, 4.69) is 19.9 Å². The predicted octanol–water partition coefficient (Wildman–Crippen LogP) is 0.629. The van der Waals surface area contributed by atoms with Gasteiger partial charge in [-0.25, -0.2) is 9.78 Å². The van der Waals surface area contributed by atoms with Crippen molar-refractivity contribution in [3.05, 3.63) is 44.4 Å². The molecular formula is C13H13N5O2. The van der Waals surface area contributed by atoms with Gasteiger partial charge in [-0.15, -0.1) is 0 Å². The van der Waals surface area contributed by atoms with Gasteiger partial charge in [0.25, 0.3) is 5.56 Å². The summed E-state index contributed by atoms with van der Waals surface area (Å²) in [5.74, 6) is 0.525. The number of nitrogens with one attached hydrogen (secondary N) is 2. The van der Waals surface area contributed by atoms with E-state index in [0.29, 0.717) is 11.5 Å². The fraction of sp³-hybridized carbons (Fsp3) is 0.231. The summed E-state index contributed by atoms with van der Waals surface area (Å²) in [7, 11) is 1.56. The van der Waals surface area contributed by atoms with Gasteiger partial charge in [0, 0.05) is 24.0 Å². The summed E-state index contributed by atoms with van der Waals surface area (Å²) in [6.45, 7) is 3.78. The van der Waals surface area contributed by atoms with Crippen LogP contribution in [-0.2, 0) is 7.05 Å². The Balaban J connectivity index is 2.34. The molecule has 0 radical (unpaired) electrons. The second-order valence-electron chi connectivity index (χ2n) is 4.69. The highest BCUT2D eigenvalue weighted by atomic mass is 16.2. The van der Waals surface area contributed by atoms with Crippen LogP contribution < -0.4 is 11.2 Å². The van der Waals surface area contributed by atoms with E-state index in [0.717, 1.165) is 17.0 Å². The molecule has 3 aromatic heterocycles. The maximum absolute atomic E-state index is 11.8. The fourth-order valence-electron chi connectivity index (χ4n) is 2.17. The summed E-state index contributed by atoms with van der Waals surface area (Å²) < 4.78 is 1.30. The Hall–Kier alpha value is -2.70. The Morgan fingerprint density at radius 3 is 2.55 bits per heavy atom. The molecule has 0 aliphatic heterocycles. The van der Waals surface area contributed by atoms with Crippen molar-refractivity contribution in [2.24, 2.45) is 7.05 Å². The third-order valence-corrected chi connectivity index (χ3v) is 3.23. The number of pyridine rings is 1. The average molecular weight is 271 g/mol. The lowest BCUT2D eigenvalue weighted by atomic mass is 10.2. The summed E-state index contributed by atoms with van der Waals surface area (Å²) in [5.41, 5.74) is 2.17. The minimum Gasteiger partial charge on any atom is -0.332 e. The number of hydrogen-bond acceptors (Lipinski definition) is 4. The highest BCUT2D eigenvalue weighted by Gasteiger charge is 2.13. The van der Waals surface area contributed by atoms with Gasteiger partial charge in [-0.2, -0.15) is 0 Å². The number of imidazole rings is 1. The van der Waals surface area contributed by atoms with E-state index < -0.39 is 11.2 Å². The Morgan fingerprint density at radius 1 is 1.10 bits per heavy atom. The van der Waals surface area contributed by atoms with Crippen LogP contribution in [0.2, 0.25) is 0 Å². The largest absolute Gasteiger partial charge is 0.332 e. The maximum atomic E-state index is 11.8. The van der Waals surface area contributed by atoms with E-state index in [-0.39, 0.29) is 5.52 Å². The molecule has 0 saturated carbocycles. The van der Waals surface area contributed by atoms with Crippen LogP contribution in [0.25, 0.3) is 22.6 Å². The van der Waals surface area contributed by atoms with Crippen LogP contribution in [0.5, 0.6) is 0 Å². The molecule has 0 atom stereocenters. The lowest BCUT2D eigenvalue weighted by molar-refractivity contribution is 0.832. The van der Waals surface area contributed by atoms with Crippen LogP contribution >= 0.6 is 0 Å². The Labute approximate surface area is 113 Å². The minimum absolute atomic E-state index is 0.280. The lowest BCUT2D eigenvalue weighted by Gasteiger charge is -2.02. The van der Waals surface area contributed by atoms with E-state index in [1.54, 1.807) is 7.05 Å². The smallest absolute Gasteiger partial charge is 0.329 e. The van der Waals surface area contributed by atoms with Crippen LogP contribution in [0, 0.1) is 13.8 Å². The van der Waals surface area contributed by atoms with Gasteiger partial charge in [0.2, 0.25) is 0 Å². The molecule has 0 fully saturated rings. The second kappa shape index (κ2) is 4.16. The van der Waals surface area contributed by atoms with Crippen molar-refractivity contribution in [2.45, 2.75) is 13.8 Å². The van der Waals surface area contributed by atoms with Crippen molar-refractivity contribution in [1.82, 2.24) is 24.5 Å².